The van der Waals surface area contributed by atoms with E-state index in [-0.39, 0.29) is 25.4 Å². The fourth-order valence-electron chi connectivity index (χ4n) is 1.03. The molecule has 0 spiro atoms. The van der Waals surface area contributed by atoms with Crippen molar-refractivity contribution in [3.8, 4) is 0 Å². The molecule has 1 unspecified atom stereocenters. The minimum absolute atomic E-state index is 0. The van der Waals surface area contributed by atoms with Crippen LogP contribution in [0, 0.1) is 0 Å². The van der Waals surface area contributed by atoms with Crippen molar-refractivity contribution >= 4 is 18.4 Å². The summed E-state index contributed by atoms with van der Waals surface area (Å²) in [5.41, 5.74) is 0. The number of aliphatic hydroxyl groups excluding tert-OH is 1. The lowest BCUT2D eigenvalue weighted by molar-refractivity contribution is -0.161. The van der Waals surface area contributed by atoms with Crippen LogP contribution in [0.4, 0.5) is 0 Å². The van der Waals surface area contributed by atoms with E-state index in [2.05, 4.69) is 0 Å². The number of nitrogens with zero attached hydrogens (tertiary/aromatic N) is 1. The molecular formula is C5H10ClNO4. The molecule has 66 valence electrons. The molecule has 11 heavy (non-hydrogen) atoms. The van der Waals surface area contributed by atoms with Crippen molar-refractivity contribution in [3.05, 3.63) is 0 Å². The molecule has 0 aromatic heterocycles. The Balaban J connectivity index is 0.000001000. The van der Waals surface area contributed by atoms with Crippen molar-refractivity contribution in [2.45, 2.75) is 18.6 Å². The van der Waals surface area contributed by atoms with Crippen LogP contribution in [0.2, 0.25) is 0 Å². The lowest BCUT2D eigenvalue weighted by atomic mass is 10.2. The molecule has 1 aliphatic rings. The maximum absolute atomic E-state index is 10.2. The molecule has 5 nitrogen and oxygen atoms in total. The summed E-state index contributed by atoms with van der Waals surface area (Å²) in [6.45, 7) is 0.0248. The first-order valence-corrected chi connectivity index (χ1v) is 2.97. The lowest BCUT2D eigenvalue weighted by Crippen LogP contribution is -2.32. The van der Waals surface area contributed by atoms with E-state index in [0.717, 1.165) is 0 Å². The quantitative estimate of drug-likeness (QED) is 0.502. The average molecular weight is 184 g/mol. The van der Waals surface area contributed by atoms with Crippen molar-refractivity contribution in [2.75, 3.05) is 6.54 Å². The van der Waals surface area contributed by atoms with Crippen LogP contribution >= 0.6 is 12.4 Å². The van der Waals surface area contributed by atoms with Crippen LogP contribution in [0.15, 0.2) is 0 Å². The second-order valence-corrected chi connectivity index (χ2v) is 2.37. The van der Waals surface area contributed by atoms with Crippen LogP contribution in [0.1, 0.15) is 6.42 Å². The molecule has 1 rings (SSSR count). The summed E-state index contributed by atoms with van der Waals surface area (Å²) in [4.78, 5) is 10.2. The Bertz CT molecular complexity index is 153. The number of carboxylic acids is 1. The van der Waals surface area contributed by atoms with Crippen LogP contribution in [0.3, 0.4) is 0 Å². The summed E-state index contributed by atoms with van der Waals surface area (Å²) >= 11 is 0. The molecule has 3 N–H and O–H groups in total. The maximum Gasteiger partial charge on any atom is 0.323 e. The van der Waals surface area contributed by atoms with Crippen molar-refractivity contribution in [2.24, 2.45) is 0 Å². The highest BCUT2D eigenvalue weighted by atomic mass is 35.5. The van der Waals surface area contributed by atoms with Gasteiger partial charge in [0.2, 0.25) is 0 Å². The highest BCUT2D eigenvalue weighted by Gasteiger charge is 2.34. The Morgan fingerprint density at radius 1 is 1.55 bits per heavy atom. The van der Waals surface area contributed by atoms with Gasteiger partial charge in [0.05, 0.1) is 12.6 Å². The standard InChI is InChI=1S/C5H9NO4.ClH/c7-3-1-4(5(8)9)6(10)2-3;/h3-4,7,10H,1-2H2,(H,8,9);1H/t3?,4-;/m0./s1. The number of rotatable bonds is 1. The lowest BCUT2D eigenvalue weighted by Gasteiger charge is -2.10. The van der Waals surface area contributed by atoms with Crippen LogP contribution in [0.25, 0.3) is 0 Å². The minimum Gasteiger partial charge on any atom is -0.480 e. The molecule has 6 heteroatoms. The van der Waals surface area contributed by atoms with E-state index in [1.807, 2.05) is 0 Å². The predicted molar refractivity (Wildman–Crippen MR) is 37.8 cm³/mol. The molecule has 0 saturated carbocycles. The Labute approximate surface area is 69.6 Å². The maximum atomic E-state index is 10.2. The third-order valence-electron chi connectivity index (χ3n) is 1.54. The molecule has 1 aliphatic heterocycles. The smallest absolute Gasteiger partial charge is 0.323 e. The summed E-state index contributed by atoms with van der Waals surface area (Å²) < 4.78 is 0. The predicted octanol–water partition coefficient (Wildman–Crippen LogP) is -0.683. The van der Waals surface area contributed by atoms with Crippen molar-refractivity contribution < 1.29 is 20.2 Å². The van der Waals surface area contributed by atoms with Crippen LogP contribution in [-0.2, 0) is 4.79 Å². The highest BCUT2D eigenvalue weighted by molar-refractivity contribution is 5.85. The van der Waals surface area contributed by atoms with E-state index >= 15 is 0 Å². The van der Waals surface area contributed by atoms with Crippen molar-refractivity contribution in [3.63, 3.8) is 0 Å². The first kappa shape index (κ1) is 10.6. The number of carbonyl (C=O) groups is 1. The molecule has 1 saturated heterocycles. The van der Waals surface area contributed by atoms with Gasteiger partial charge in [0, 0.05) is 6.42 Å². The van der Waals surface area contributed by atoms with E-state index in [0.29, 0.717) is 5.06 Å². The number of aliphatic carboxylic acids is 1. The zero-order chi connectivity index (χ0) is 7.72. The number of halogens is 1. The average Bonchev–Trinajstić information content (AvgIpc) is 2.10. The highest BCUT2D eigenvalue weighted by Crippen LogP contribution is 2.14. The molecule has 0 radical (unpaired) electrons. The van der Waals surface area contributed by atoms with Crippen LogP contribution < -0.4 is 0 Å². The van der Waals surface area contributed by atoms with Gasteiger partial charge < -0.3 is 15.4 Å². The van der Waals surface area contributed by atoms with Gasteiger partial charge in [-0.15, -0.1) is 12.4 Å². The molecule has 1 fully saturated rings. The van der Waals surface area contributed by atoms with Gasteiger partial charge in [-0.3, -0.25) is 4.79 Å². The summed E-state index contributed by atoms with van der Waals surface area (Å²) in [6, 6.07) is -0.935. The van der Waals surface area contributed by atoms with E-state index in [9.17, 15) is 4.79 Å². The minimum atomic E-state index is -1.10. The van der Waals surface area contributed by atoms with E-state index in [1.165, 1.54) is 0 Å². The van der Waals surface area contributed by atoms with Crippen LogP contribution in [0.5, 0.6) is 0 Å². The SMILES string of the molecule is Cl.O=C(O)[C@@H]1CC(O)CN1O. The molecule has 0 aliphatic carbocycles. The van der Waals surface area contributed by atoms with Gasteiger partial charge in [0.1, 0.15) is 6.04 Å². The Morgan fingerprint density at radius 2 is 2.09 bits per heavy atom. The fourth-order valence-corrected chi connectivity index (χ4v) is 1.03. The molecule has 0 aromatic rings. The van der Waals surface area contributed by atoms with Gasteiger partial charge in [-0.2, -0.15) is 5.06 Å². The Morgan fingerprint density at radius 3 is 2.27 bits per heavy atom. The third-order valence-corrected chi connectivity index (χ3v) is 1.54. The molecule has 0 aromatic carbocycles. The number of hydrogen-bond donors (Lipinski definition) is 3. The number of hydrogen-bond acceptors (Lipinski definition) is 4. The second-order valence-electron chi connectivity index (χ2n) is 2.37. The summed E-state index contributed by atoms with van der Waals surface area (Å²) in [5.74, 6) is -1.10. The molecule has 0 bridgehead atoms. The third kappa shape index (κ3) is 2.30. The van der Waals surface area contributed by atoms with Gasteiger partial charge in [-0.25, -0.2) is 0 Å². The van der Waals surface area contributed by atoms with Gasteiger partial charge >= 0.3 is 5.97 Å². The van der Waals surface area contributed by atoms with Gasteiger partial charge in [0.25, 0.3) is 0 Å². The topological polar surface area (TPSA) is 81.0 Å². The molecular weight excluding hydrogens is 174 g/mol. The largest absolute Gasteiger partial charge is 0.480 e. The van der Waals surface area contributed by atoms with Gasteiger partial charge in [-0.1, -0.05) is 0 Å². The van der Waals surface area contributed by atoms with E-state index in [4.69, 9.17) is 15.4 Å². The Kier molecular flexibility index (Phi) is 3.74. The molecule has 1 heterocycles. The molecule has 0 amide bonds. The van der Waals surface area contributed by atoms with E-state index in [1.54, 1.807) is 0 Å². The first-order chi connectivity index (χ1) is 4.61. The summed E-state index contributed by atoms with van der Waals surface area (Å²) in [5, 5.41) is 26.7. The van der Waals surface area contributed by atoms with E-state index < -0.39 is 18.1 Å². The first-order valence-electron chi connectivity index (χ1n) is 2.97. The summed E-state index contributed by atoms with van der Waals surface area (Å²) in [7, 11) is 0. The number of carboxylic acid groups (broad SMARTS) is 1. The fraction of sp³-hybridized carbons (Fsp3) is 0.800. The second kappa shape index (κ2) is 3.87. The Hall–Kier alpha value is -0.360. The van der Waals surface area contributed by atoms with Gasteiger partial charge in [-0.05, 0) is 0 Å². The molecule has 2 atom stereocenters. The zero-order valence-electron chi connectivity index (χ0n) is 5.67. The van der Waals surface area contributed by atoms with Gasteiger partial charge in [0.15, 0.2) is 0 Å². The normalized spacial score (nSPS) is 31.5. The number of hydroxylamine groups is 2. The van der Waals surface area contributed by atoms with Crippen molar-refractivity contribution in [1.29, 1.82) is 0 Å². The zero-order valence-corrected chi connectivity index (χ0v) is 6.49. The van der Waals surface area contributed by atoms with Crippen LogP contribution in [-0.4, -0.2) is 45.1 Å². The summed E-state index contributed by atoms with van der Waals surface area (Å²) in [6.07, 6.45) is -0.614. The monoisotopic (exact) mass is 183 g/mol. The number of aliphatic hydroxyl groups is 1. The van der Waals surface area contributed by atoms with Crippen molar-refractivity contribution in [1.82, 2.24) is 5.06 Å². The number of β-amino-alcohol motifs (C(OH)–C–C–N with tert-alkyl or cyclic N) is 1.